The van der Waals surface area contributed by atoms with E-state index < -0.39 is 0 Å². The molecule has 0 saturated heterocycles. The van der Waals surface area contributed by atoms with Gasteiger partial charge in [-0.3, -0.25) is 0 Å². The fraction of sp³-hybridized carbons (Fsp3) is 0.333. The summed E-state index contributed by atoms with van der Waals surface area (Å²) in [6.45, 7) is 3.60. The van der Waals surface area contributed by atoms with Crippen LogP contribution < -0.4 is 5.32 Å². The van der Waals surface area contributed by atoms with Gasteiger partial charge < -0.3 is 5.32 Å². The van der Waals surface area contributed by atoms with E-state index in [1.165, 1.54) is 11.1 Å². The van der Waals surface area contributed by atoms with Gasteiger partial charge in [-0.25, -0.2) is 9.67 Å². The minimum Gasteiger partial charge on any atom is -0.313 e. The van der Waals surface area contributed by atoms with E-state index in [0.29, 0.717) is 6.54 Å². The Morgan fingerprint density at radius 3 is 2.88 bits per heavy atom. The van der Waals surface area contributed by atoms with E-state index in [1.807, 2.05) is 23.9 Å². The average Bonchev–Trinajstić information content (AvgIpc) is 2.70. The summed E-state index contributed by atoms with van der Waals surface area (Å²) in [5.74, 6) is 0.830. The SMILES string of the molecule is CNCc1ncn(Cc2ccccc2C)n1. The number of benzene rings is 1. The molecule has 2 aromatic rings. The summed E-state index contributed by atoms with van der Waals surface area (Å²) in [5, 5.41) is 7.41. The third kappa shape index (κ3) is 2.46. The molecule has 0 unspecified atom stereocenters. The molecular weight excluding hydrogens is 200 g/mol. The first kappa shape index (κ1) is 10.8. The van der Waals surface area contributed by atoms with Crippen LogP contribution in [-0.2, 0) is 13.1 Å². The first-order valence-electron chi connectivity index (χ1n) is 5.37. The number of nitrogens with one attached hydrogen (secondary N) is 1. The van der Waals surface area contributed by atoms with Gasteiger partial charge in [-0.2, -0.15) is 5.10 Å². The molecule has 4 nitrogen and oxygen atoms in total. The van der Waals surface area contributed by atoms with Gasteiger partial charge in [-0.15, -0.1) is 0 Å². The standard InChI is InChI=1S/C12H16N4/c1-10-5-3-4-6-11(10)8-16-9-14-12(15-16)7-13-2/h3-6,9,13H,7-8H2,1-2H3. The highest BCUT2D eigenvalue weighted by atomic mass is 15.3. The minimum atomic E-state index is 0.709. The van der Waals surface area contributed by atoms with Gasteiger partial charge in [0.15, 0.2) is 5.82 Å². The van der Waals surface area contributed by atoms with Crippen molar-refractivity contribution in [3.63, 3.8) is 0 Å². The zero-order valence-corrected chi connectivity index (χ0v) is 9.64. The van der Waals surface area contributed by atoms with Crippen molar-refractivity contribution in [1.29, 1.82) is 0 Å². The Labute approximate surface area is 95.3 Å². The van der Waals surface area contributed by atoms with Gasteiger partial charge in [0.05, 0.1) is 13.1 Å². The maximum absolute atomic E-state index is 4.38. The summed E-state index contributed by atoms with van der Waals surface area (Å²) in [4.78, 5) is 4.22. The molecule has 4 heteroatoms. The first-order valence-corrected chi connectivity index (χ1v) is 5.37. The molecule has 0 amide bonds. The minimum absolute atomic E-state index is 0.709. The van der Waals surface area contributed by atoms with Gasteiger partial charge >= 0.3 is 0 Å². The predicted molar refractivity (Wildman–Crippen MR) is 63.1 cm³/mol. The molecular formula is C12H16N4. The molecule has 0 saturated carbocycles. The van der Waals surface area contributed by atoms with Crippen molar-refractivity contribution >= 4 is 0 Å². The molecule has 1 N–H and O–H groups in total. The van der Waals surface area contributed by atoms with E-state index in [0.717, 1.165) is 12.4 Å². The van der Waals surface area contributed by atoms with Crippen LogP contribution in [0.15, 0.2) is 30.6 Å². The monoisotopic (exact) mass is 216 g/mol. The van der Waals surface area contributed by atoms with Gasteiger partial charge in [-0.1, -0.05) is 24.3 Å². The lowest BCUT2D eigenvalue weighted by atomic mass is 10.1. The lowest BCUT2D eigenvalue weighted by Gasteiger charge is -2.04. The van der Waals surface area contributed by atoms with E-state index in [1.54, 1.807) is 6.33 Å². The Kier molecular flexibility index (Phi) is 3.31. The van der Waals surface area contributed by atoms with Gasteiger partial charge in [-0.05, 0) is 25.1 Å². The Hall–Kier alpha value is -1.68. The Morgan fingerprint density at radius 2 is 2.12 bits per heavy atom. The fourth-order valence-electron chi connectivity index (χ4n) is 1.61. The number of rotatable bonds is 4. The Morgan fingerprint density at radius 1 is 1.31 bits per heavy atom. The van der Waals surface area contributed by atoms with Gasteiger partial charge in [0.2, 0.25) is 0 Å². The predicted octanol–water partition coefficient (Wildman–Crippen LogP) is 1.35. The Bertz CT molecular complexity index is 462. The highest BCUT2D eigenvalue weighted by Gasteiger charge is 2.02. The molecule has 0 aliphatic heterocycles. The quantitative estimate of drug-likeness (QED) is 0.839. The highest BCUT2D eigenvalue weighted by molar-refractivity contribution is 5.25. The van der Waals surface area contributed by atoms with Gasteiger partial charge in [0.25, 0.3) is 0 Å². The van der Waals surface area contributed by atoms with Crippen LogP contribution in [0.5, 0.6) is 0 Å². The van der Waals surface area contributed by atoms with Crippen molar-refractivity contribution in [1.82, 2.24) is 20.1 Å². The third-order valence-electron chi connectivity index (χ3n) is 2.51. The number of aryl methyl sites for hydroxylation is 1. The molecule has 1 heterocycles. The third-order valence-corrected chi connectivity index (χ3v) is 2.51. The topological polar surface area (TPSA) is 42.7 Å². The summed E-state index contributed by atoms with van der Waals surface area (Å²) in [6, 6.07) is 8.33. The molecule has 1 aromatic carbocycles. The molecule has 1 aromatic heterocycles. The second-order valence-corrected chi connectivity index (χ2v) is 3.82. The van der Waals surface area contributed by atoms with Crippen LogP contribution in [0.3, 0.4) is 0 Å². The molecule has 84 valence electrons. The van der Waals surface area contributed by atoms with Crippen LogP contribution in [0.4, 0.5) is 0 Å². The van der Waals surface area contributed by atoms with E-state index in [4.69, 9.17) is 0 Å². The fourth-order valence-corrected chi connectivity index (χ4v) is 1.61. The molecule has 0 aliphatic carbocycles. The van der Waals surface area contributed by atoms with Gasteiger partial charge in [0.1, 0.15) is 6.33 Å². The average molecular weight is 216 g/mol. The maximum Gasteiger partial charge on any atom is 0.164 e. The van der Waals surface area contributed by atoms with Crippen LogP contribution in [0.1, 0.15) is 17.0 Å². The second kappa shape index (κ2) is 4.90. The van der Waals surface area contributed by atoms with Crippen LogP contribution in [0, 0.1) is 6.92 Å². The smallest absolute Gasteiger partial charge is 0.164 e. The van der Waals surface area contributed by atoms with Crippen molar-refractivity contribution in [3.8, 4) is 0 Å². The summed E-state index contributed by atoms with van der Waals surface area (Å²) >= 11 is 0. The molecule has 0 spiro atoms. The van der Waals surface area contributed by atoms with Crippen molar-refractivity contribution in [3.05, 3.63) is 47.5 Å². The van der Waals surface area contributed by atoms with Crippen molar-refractivity contribution < 1.29 is 0 Å². The van der Waals surface area contributed by atoms with Crippen LogP contribution >= 0.6 is 0 Å². The van der Waals surface area contributed by atoms with E-state index >= 15 is 0 Å². The van der Waals surface area contributed by atoms with Crippen LogP contribution in [0.2, 0.25) is 0 Å². The largest absolute Gasteiger partial charge is 0.313 e. The van der Waals surface area contributed by atoms with Crippen LogP contribution in [-0.4, -0.2) is 21.8 Å². The number of nitrogens with zero attached hydrogens (tertiary/aromatic N) is 3. The Balaban J connectivity index is 2.11. The number of aromatic nitrogens is 3. The van der Waals surface area contributed by atoms with Crippen molar-refractivity contribution in [2.45, 2.75) is 20.0 Å². The summed E-state index contributed by atoms with van der Waals surface area (Å²) in [5.41, 5.74) is 2.57. The maximum atomic E-state index is 4.38. The normalized spacial score (nSPS) is 10.6. The lowest BCUT2D eigenvalue weighted by molar-refractivity contribution is 0.656. The van der Waals surface area contributed by atoms with Crippen LogP contribution in [0.25, 0.3) is 0 Å². The van der Waals surface area contributed by atoms with Crippen molar-refractivity contribution in [2.75, 3.05) is 7.05 Å². The van der Waals surface area contributed by atoms with Gasteiger partial charge in [0, 0.05) is 0 Å². The molecule has 16 heavy (non-hydrogen) atoms. The molecule has 0 fully saturated rings. The summed E-state index contributed by atoms with van der Waals surface area (Å²) < 4.78 is 1.87. The number of hydrogen-bond acceptors (Lipinski definition) is 3. The number of hydrogen-bond donors (Lipinski definition) is 1. The van der Waals surface area contributed by atoms with Crippen molar-refractivity contribution in [2.24, 2.45) is 0 Å². The second-order valence-electron chi connectivity index (χ2n) is 3.82. The molecule has 0 radical (unpaired) electrons. The van der Waals surface area contributed by atoms with E-state index in [-0.39, 0.29) is 0 Å². The summed E-state index contributed by atoms with van der Waals surface area (Å²) in [7, 11) is 1.89. The molecule has 0 bridgehead atoms. The molecule has 0 atom stereocenters. The zero-order valence-electron chi connectivity index (χ0n) is 9.64. The zero-order chi connectivity index (χ0) is 11.4. The van der Waals surface area contributed by atoms with E-state index in [9.17, 15) is 0 Å². The highest BCUT2D eigenvalue weighted by Crippen LogP contribution is 2.08. The summed E-state index contributed by atoms with van der Waals surface area (Å²) in [6.07, 6.45) is 1.78. The first-order chi connectivity index (χ1) is 7.79. The van der Waals surface area contributed by atoms with E-state index in [2.05, 4.69) is 34.5 Å². The lowest BCUT2D eigenvalue weighted by Crippen LogP contribution is -2.08. The molecule has 2 rings (SSSR count). The molecule has 0 aliphatic rings.